The zero-order valence-electron chi connectivity index (χ0n) is 9.09. The smallest absolute Gasteiger partial charge is 0.163 e. The Hall–Kier alpha value is -2.54. The molecule has 0 saturated carbocycles. The van der Waals surface area contributed by atoms with Crippen molar-refractivity contribution >= 4 is 5.69 Å². The highest BCUT2D eigenvalue weighted by Crippen LogP contribution is 2.18. The molecule has 4 heteroatoms. The number of phenolic OH excluding ortho intramolecular Hbond substituents is 1. The summed E-state index contributed by atoms with van der Waals surface area (Å²) in [5.41, 5.74) is 1.79. The molecule has 1 heterocycles. The average molecular weight is 225 g/mol. The fourth-order valence-corrected chi connectivity index (χ4v) is 1.49. The van der Waals surface area contributed by atoms with Crippen LogP contribution in [0.4, 0.5) is 5.69 Å². The van der Waals surface area contributed by atoms with Crippen molar-refractivity contribution in [3.8, 4) is 11.8 Å². The highest BCUT2D eigenvalue weighted by atomic mass is 16.3. The predicted molar refractivity (Wildman–Crippen MR) is 64.4 cm³/mol. The van der Waals surface area contributed by atoms with E-state index in [0.29, 0.717) is 17.9 Å². The van der Waals surface area contributed by atoms with Crippen molar-refractivity contribution in [2.24, 2.45) is 0 Å². The molecule has 2 aromatic rings. The number of aromatic nitrogens is 1. The zero-order valence-corrected chi connectivity index (χ0v) is 9.09. The van der Waals surface area contributed by atoms with Gasteiger partial charge in [-0.3, -0.25) is 0 Å². The zero-order chi connectivity index (χ0) is 12.1. The number of phenols is 1. The van der Waals surface area contributed by atoms with Gasteiger partial charge in [-0.2, -0.15) is 5.26 Å². The van der Waals surface area contributed by atoms with Crippen LogP contribution in [-0.4, -0.2) is 10.1 Å². The summed E-state index contributed by atoms with van der Waals surface area (Å²) in [4.78, 5) is 3.95. The number of para-hydroxylation sites is 1. The lowest BCUT2D eigenvalue weighted by atomic mass is 10.2. The maximum atomic E-state index is 9.59. The topological polar surface area (TPSA) is 68.9 Å². The molecule has 0 aliphatic carbocycles. The maximum Gasteiger partial charge on any atom is 0.163 e. The molecule has 2 rings (SSSR count). The van der Waals surface area contributed by atoms with E-state index in [1.807, 2.05) is 18.2 Å². The molecule has 4 nitrogen and oxygen atoms in total. The highest BCUT2D eigenvalue weighted by molar-refractivity contribution is 5.53. The Morgan fingerprint density at radius 1 is 1.24 bits per heavy atom. The standard InChI is InChI=1S/C13H11N3O/c14-8-12-11(5-3-7-15-12)16-9-10-4-1-2-6-13(10)17/h1-7,16-17H,9H2. The van der Waals surface area contributed by atoms with Gasteiger partial charge in [0.1, 0.15) is 11.8 Å². The quantitative estimate of drug-likeness (QED) is 0.840. The second kappa shape index (κ2) is 4.99. The van der Waals surface area contributed by atoms with Crippen LogP contribution in [0, 0.1) is 11.3 Å². The first-order valence-corrected chi connectivity index (χ1v) is 5.17. The largest absolute Gasteiger partial charge is 0.508 e. The molecule has 2 N–H and O–H groups in total. The Bertz CT molecular complexity index is 561. The third kappa shape index (κ3) is 2.52. The number of hydrogen-bond acceptors (Lipinski definition) is 4. The number of aromatic hydroxyl groups is 1. The Morgan fingerprint density at radius 2 is 2.06 bits per heavy atom. The second-order valence-electron chi connectivity index (χ2n) is 3.49. The van der Waals surface area contributed by atoms with Crippen molar-refractivity contribution in [2.45, 2.75) is 6.54 Å². The monoisotopic (exact) mass is 225 g/mol. The third-order valence-corrected chi connectivity index (χ3v) is 2.37. The summed E-state index contributed by atoms with van der Waals surface area (Å²) in [5.74, 6) is 0.238. The van der Waals surface area contributed by atoms with Gasteiger partial charge in [0.2, 0.25) is 0 Å². The van der Waals surface area contributed by atoms with E-state index in [-0.39, 0.29) is 5.75 Å². The van der Waals surface area contributed by atoms with E-state index in [1.165, 1.54) is 0 Å². The van der Waals surface area contributed by atoms with Gasteiger partial charge in [0, 0.05) is 18.3 Å². The van der Waals surface area contributed by atoms with Crippen molar-refractivity contribution in [1.29, 1.82) is 5.26 Å². The molecule has 0 bridgehead atoms. The summed E-state index contributed by atoms with van der Waals surface area (Å²) in [6.45, 7) is 0.451. The van der Waals surface area contributed by atoms with E-state index in [4.69, 9.17) is 5.26 Å². The molecule has 0 saturated heterocycles. The summed E-state index contributed by atoms with van der Waals surface area (Å²) in [6.07, 6.45) is 1.57. The SMILES string of the molecule is N#Cc1ncccc1NCc1ccccc1O. The minimum atomic E-state index is 0.238. The first-order chi connectivity index (χ1) is 8.31. The molecular weight excluding hydrogens is 214 g/mol. The number of benzene rings is 1. The molecule has 84 valence electrons. The van der Waals surface area contributed by atoms with Crippen LogP contribution >= 0.6 is 0 Å². The minimum Gasteiger partial charge on any atom is -0.508 e. The second-order valence-corrected chi connectivity index (χ2v) is 3.49. The summed E-state index contributed by atoms with van der Waals surface area (Å²) >= 11 is 0. The first kappa shape index (κ1) is 11.0. The Morgan fingerprint density at radius 3 is 2.82 bits per heavy atom. The molecule has 0 radical (unpaired) electrons. The van der Waals surface area contributed by atoms with Crippen LogP contribution in [0.2, 0.25) is 0 Å². The predicted octanol–water partition coefficient (Wildman–Crippen LogP) is 2.27. The molecule has 1 aromatic heterocycles. The van der Waals surface area contributed by atoms with Crippen molar-refractivity contribution in [1.82, 2.24) is 4.98 Å². The third-order valence-electron chi connectivity index (χ3n) is 2.37. The molecule has 0 unspecified atom stereocenters. The van der Waals surface area contributed by atoms with Crippen LogP contribution in [0.25, 0.3) is 0 Å². The molecule has 17 heavy (non-hydrogen) atoms. The lowest BCUT2D eigenvalue weighted by Crippen LogP contribution is -2.02. The molecule has 0 atom stereocenters. The van der Waals surface area contributed by atoms with Crippen LogP contribution in [0.5, 0.6) is 5.75 Å². The van der Waals surface area contributed by atoms with Gasteiger partial charge in [0.15, 0.2) is 5.69 Å². The number of anilines is 1. The number of nitriles is 1. The van der Waals surface area contributed by atoms with Crippen LogP contribution in [0.1, 0.15) is 11.3 Å². The molecule has 0 spiro atoms. The minimum absolute atomic E-state index is 0.238. The van der Waals surface area contributed by atoms with Gasteiger partial charge >= 0.3 is 0 Å². The van der Waals surface area contributed by atoms with Gasteiger partial charge in [-0.1, -0.05) is 18.2 Å². The normalized spacial score (nSPS) is 9.59. The summed E-state index contributed by atoms with van der Waals surface area (Å²) in [7, 11) is 0. The molecule has 0 aliphatic heterocycles. The van der Waals surface area contributed by atoms with Crippen LogP contribution in [-0.2, 0) is 6.54 Å². The Balaban J connectivity index is 2.13. The lowest BCUT2D eigenvalue weighted by molar-refractivity contribution is 0.469. The van der Waals surface area contributed by atoms with Crippen LogP contribution in [0.15, 0.2) is 42.6 Å². The molecule has 0 amide bonds. The fourth-order valence-electron chi connectivity index (χ4n) is 1.49. The van der Waals surface area contributed by atoms with Gasteiger partial charge in [-0.25, -0.2) is 4.98 Å². The number of nitrogens with zero attached hydrogens (tertiary/aromatic N) is 2. The van der Waals surface area contributed by atoms with E-state index < -0.39 is 0 Å². The van der Waals surface area contributed by atoms with Crippen LogP contribution in [0.3, 0.4) is 0 Å². The van der Waals surface area contributed by atoms with E-state index in [2.05, 4.69) is 10.3 Å². The van der Waals surface area contributed by atoms with Crippen molar-refractivity contribution < 1.29 is 5.11 Å². The molecule has 1 aromatic carbocycles. The highest BCUT2D eigenvalue weighted by Gasteiger charge is 2.03. The van der Waals surface area contributed by atoms with Gasteiger partial charge in [0.05, 0.1) is 5.69 Å². The number of pyridine rings is 1. The first-order valence-electron chi connectivity index (χ1n) is 5.17. The van der Waals surface area contributed by atoms with Crippen molar-refractivity contribution in [2.75, 3.05) is 5.32 Å². The molecule has 0 aliphatic rings. The van der Waals surface area contributed by atoms with Gasteiger partial charge in [-0.15, -0.1) is 0 Å². The van der Waals surface area contributed by atoms with E-state index in [9.17, 15) is 5.11 Å². The lowest BCUT2D eigenvalue weighted by Gasteiger charge is -2.08. The average Bonchev–Trinajstić information content (AvgIpc) is 2.38. The van der Waals surface area contributed by atoms with E-state index in [1.54, 1.807) is 30.5 Å². The van der Waals surface area contributed by atoms with Crippen molar-refractivity contribution in [3.05, 3.63) is 53.9 Å². The number of hydrogen-bond donors (Lipinski definition) is 2. The van der Waals surface area contributed by atoms with Gasteiger partial charge in [-0.05, 0) is 18.2 Å². The fraction of sp³-hybridized carbons (Fsp3) is 0.0769. The summed E-state index contributed by atoms with van der Waals surface area (Å²) in [5, 5.41) is 21.5. The van der Waals surface area contributed by atoms with Gasteiger partial charge in [0.25, 0.3) is 0 Å². The number of nitrogens with one attached hydrogen (secondary N) is 1. The molecule has 0 fully saturated rings. The van der Waals surface area contributed by atoms with Crippen LogP contribution < -0.4 is 5.32 Å². The van der Waals surface area contributed by atoms with Gasteiger partial charge < -0.3 is 10.4 Å². The maximum absolute atomic E-state index is 9.59. The molecular formula is C13H11N3O. The Labute approximate surface area is 99.2 Å². The van der Waals surface area contributed by atoms with Crippen molar-refractivity contribution in [3.63, 3.8) is 0 Å². The summed E-state index contributed by atoms with van der Waals surface area (Å²) in [6, 6.07) is 12.6. The number of rotatable bonds is 3. The van der Waals surface area contributed by atoms with E-state index in [0.717, 1.165) is 5.56 Å². The summed E-state index contributed by atoms with van der Waals surface area (Å²) < 4.78 is 0. The Kier molecular flexibility index (Phi) is 3.22. The van der Waals surface area contributed by atoms with E-state index >= 15 is 0 Å².